The third kappa shape index (κ3) is 4.23. The van der Waals surface area contributed by atoms with Crippen molar-refractivity contribution in [1.82, 2.24) is 10.6 Å². The van der Waals surface area contributed by atoms with Crippen LogP contribution in [0.25, 0.3) is 0 Å². The highest BCUT2D eigenvalue weighted by atomic mass is 16.2. The van der Waals surface area contributed by atoms with Gasteiger partial charge in [-0.25, -0.2) is 0 Å². The number of rotatable bonds is 4. The van der Waals surface area contributed by atoms with Gasteiger partial charge in [0.25, 0.3) is 0 Å². The quantitative estimate of drug-likeness (QED) is 0.566. The van der Waals surface area contributed by atoms with Gasteiger partial charge >= 0.3 is 0 Å². The number of carbonyl (C=O) groups excluding carboxylic acids is 2. The summed E-state index contributed by atoms with van der Waals surface area (Å²) in [5.41, 5.74) is 4.60. The van der Waals surface area contributed by atoms with E-state index in [1.807, 2.05) is 6.92 Å². The van der Waals surface area contributed by atoms with Crippen LogP contribution in [0, 0.1) is 0 Å². The Morgan fingerprint density at radius 2 is 1.93 bits per heavy atom. The molecule has 0 aromatic heterocycles. The third-order valence-electron chi connectivity index (χ3n) is 1.68. The molecule has 5 heteroatoms. The van der Waals surface area contributed by atoms with E-state index in [2.05, 4.69) is 10.6 Å². The van der Waals surface area contributed by atoms with E-state index >= 15 is 0 Å². The molecule has 0 aromatic carbocycles. The Kier molecular flexibility index (Phi) is 4.56. The van der Waals surface area contributed by atoms with Gasteiger partial charge < -0.3 is 16.4 Å². The Balaban J connectivity index is 4.13. The van der Waals surface area contributed by atoms with Crippen molar-refractivity contribution in [1.29, 1.82) is 0 Å². The number of carbonyl (C=O) groups is 2. The second-order valence-electron chi connectivity index (χ2n) is 3.81. The molecule has 0 fully saturated rings. The second kappa shape index (κ2) is 4.95. The molecule has 1 unspecified atom stereocenters. The normalized spacial score (nSPS) is 13.2. The van der Waals surface area contributed by atoms with Gasteiger partial charge in [-0.3, -0.25) is 9.59 Å². The molecule has 0 bridgehead atoms. The molecule has 0 radical (unpaired) electrons. The molecule has 0 saturated carbocycles. The molecule has 2 amide bonds. The van der Waals surface area contributed by atoms with Gasteiger partial charge in [-0.05, 0) is 27.7 Å². The van der Waals surface area contributed by atoms with E-state index in [-0.39, 0.29) is 11.8 Å². The molecular weight excluding hydrogens is 182 g/mol. The first kappa shape index (κ1) is 12.9. The van der Waals surface area contributed by atoms with E-state index in [0.29, 0.717) is 6.54 Å². The van der Waals surface area contributed by atoms with Gasteiger partial charge in [0.2, 0.25) is 11.8 Å². The number of likely N-dealkylation sites (N-methyl/N-ethyl adjacent to an activating group) is 1. The van der Waals surface area contributed by atoms with Crippen LogP contribution in [0.1, 0.15) is 27.7 Å². The van der Waals surface area contributed by atoms with Gasteiger partial charge in [-0.15, -0.1) is 0 Å². The summed E-state index contributed by atoms with van der Waals surface area (Å²) in [6, 6.07) is -0.551. The van der Waals surface area contributed by atoms with E-state index in [4.69, 9.17) is 5.73 Å². The Morgan fingerprint density at radius 1 is 1.43 bits per heavy atom. The average molecular weight is 201 g/mol. The van der Waals surface area contributed by atoms with E-state index in [1.165, 1.54) is 0 Å². The number of amides is 2. The summed E-state index contributed by atoms with van der Waals surface area (Å²) < 4.78 is 0. The van der Waals surface area contributed by atoms with E-state index in [0.717, 1.165) is 0 Å². The monoisotopic (exact) mass is 201 g/mol. The number of hydrogen-bond acceptors (Lipinski definition) is 3. The molecule has 14 heavy (non-hydrogen) atoms. The van der Waals surface area contributed by atoms with Gasteiger partial charge in [0.15, 0.2) is 0 Å². The standard InChI is InChI=1S/C9H19N3O2/c1-5-11-7(13)6(2)12-8(14)9(3,4)10/h6H,5,10H2,1-4H3,(H,11,13)(H,12,14). The highest BCUT2D eigenvalue weighted by Gasteiger charge is 2.25. The molecule has 0 saturated heterocycles. The van der Waals surface area contributed by atoms with Gasteiger partial charge in [-0.2, -0.15) is 0 Å². The zero-order valence-corrected chi connectivity index (χ0v) is 9.18. The molecule has 0 aliphatic heterocycles. The van der Waals surface area contributed by atoms with Crippen LogP contribution in [-0.4, -0.2) is 29.9 Å². The minimum absolute atomic E-state index is 0.204. The average Bonchev–Trinajstić information content (AvgIpc) is 2.02. The predicted molar refractivity (Wildman–Crippen MR) is 54.6 cm³/mol. The van der Waals surface area contributed by atoms with E-state index in [1.54, 1.807) is 20.8 Å². The Bertz CT molecular complexity index is 221. The minimum atomic E-state index is -0.958. The fourth-order valence-electron chi connectivity index (χ4n) is 0.776. The zero-order valence-electron chi connectivity index (χ0n) is 9.18. The lowest BCUT2D eigenvalue weighted by Crippen LogP contribution is -2.54. The fourth-order valence-corrected chi connectivity index (χ4v) is 0.776. The lowest BCUT2D eigenvalue weighted by Gasteiger charge is -2.21. The second-order valence-corrected chi connectivity index (χ2v) is 3.81. The highest BCUT2D eigenvalue weighted by molar-refractivity contribution is 5.91. The maximum atomic E-state index is 11.4. The molecule has 0 aliphatic rings. The van der Waals surface area contributed by atoms with Crippen LogP contribution in [0.3, 0.4) is 0 Å². The molecule has 4 N–H and O–H groups in total. The van der Waals surface area contributed by atoms with E-state index < -0.39 is 11.6 Å². The summed E-state index contributed by atoms with van der Waals surface area (Å²) in [6.07, 6.45) is 0. The van der Waals surface area contributed by atoms with Crippen molar-refractivity contribution in [3.63, 3.8) is 0 Å². The maximum Gasteiger partial charge on any atom is 0.242 e. The Hall–Kier alpha value is -1.10. The van der Waals surface area contributed by atoms with Crippen LogP contribution in [0.4, 0.5) is 0 Å². The summed E-state index contributed by atoms with van der Waals surface area (Å²) in [4.78, 5) is 22.6. The molecular formula is C9H19N3O2. The molecule has 5 nitrogen and oxygen atoms in total. The fraction of sp³-hybridized carbons (Fsp3) is 0.778. The number of hydrogen-bond donors (Lipinski definition) is 3. The predicted octanol–water partition coefficient (Wildman–Crippen LogP) is -0.635. The van der Waals surface area contributed by atoms with Crippen LogP contribution >= 0.6 is 0 Å². The molecule has 0 aromatic rings. The summed E-state index contributed by atoms with van der Waals surface area (Å²) in [5, 5.41) is 5.14. The van der Waals surface area contributed by atoms with Crippen molar-refractivity contribution in [2.75, 3.05) is 6.54 Å². The smallest absolute Gasteiger partial charge is 0.242 e. The van der Waals surface area contributed by atoms with Crippen molar-refractivity contribution >= 4 is 11.8 Å². The lowest BCUT2D eigenvalue weighted by molar-refractivity contribution is -0.130. The van der Waals surface area contributed by atoms with Crippen LogP contribution in [0.15, 0.2) is 0 Å². The Morgan fingerprint density at radius 3 is 2.29 bits per heavy atom. The first-order valence-corrected chi connectivity index (χ1v) is 4.66. The largest absolute Gasteiger partial charge is 0.355 e. The first-order chi connectivity index (χ1) is 6.29. The molecule has 1 atom stereocenters. The van der Waals surface area contributed by atoms with Crippen molar-refractivity contribution in [3.8, 4) is 0 Å². The number of nitrogens with one attached hydrogen (secondary N) is 2. The van der Waals surface area contributed by atoms with Crippen molar-refractivity contribution in [3.05, 3.63) is 0 Å². The summed E-state index contributed by atoms with van der Waals surface area (Å²) >= 11 is 0. The van der Waals surface area contributed by atoms with Crippen LogP contribution < -0.4 is 16.4 Å². The maximum absolute atomic E-state index is 11.4. The van der Waals surface area contributed by atoms with E-state index in [9.17, 15) is 9.59 Å². The van der Waals surface area contributed by atoms with Crippen LogP contribution in [-0.2, 0) is 9.59 Å². The molecule has 0 spiro atoms. The summed E-state index contributed by atoms with van der Waals surface area (Å²) in [7, 11) is 0. The van der Waals surface area contributed by atoms with Gasteiger partial charge in [-0.1, -0.05) is 0 Å². The topological polar surface area (TPSA) is 84.2 Å². The first-order valence-electron chi connectivity index (χ1n) is 4.66. The summed E-state index contributed by atoms with van der Waals surface area (Å²) in [5.74, 6) is -0.540. The Labute approximate surface area is 84.4 Å². The van der Waals surface area contributed by atoms with Gasteiger partial charge in [0, 0.05) is 6.54 Å². The van der Waals surface area contributed by atoms with Crippen molar-refractivity contribution in [2.24, 2.45) is 5.73 Å². The van der Waals surface area contributed by atoms with Crippen LogP contribution in [0.2, 0.25) is 0 Å². The molecule has 0 rings (SSSR count). The summed E-state index contributed by atoms with van der Waals surface area (Å²) in [6.45, 7) is 7.17. The lowest BCUT2D eigenvalue weighted by atomic mass is 10.1. The van der Waals surface area contributed by atoms with Gasteiger partial charge in [0.05, 0.1) is 5.54 Å². The van der Waals surface area contributed by atoms with Crippen molar-refractivity contribution in [2.45, 2.75) is 39.3 Å². The third-order valence-corrected chi connectivity index (χ3v) is 1.68. The highest BCUT2D eigenvalue weighted by Crippen LogP contribution is 1.96. The minimum Gasteiger partial charge on any atom is -0.355 e. The van der Waals surface area contributed by atoms with Crippen molar-refractivity contribution < 1.29 is 9.59 Å². The molecule has 0 heterocycles. The molecule has 0 aliphatic carbocycles. The SMILES string of the molecule is CCNC(=O)C(C)NC(=O)C(C)(C)N. The van der Waals surface area contributed by atoms with Gasteiger partial charge in [0.1, 0.15) is 6.04 Å². The van der Waals surface area contributed by atoms with Crippen LogP contribution in [0.5, 0.6) is 0 Å². The zero-order chi connectivity index (χ0) is 11.4. The number of nitrogens with two attached hydrogens (primary N) is 1. The molecule has 82 valence electrons.